The van der Waals surface area contributed by atoms with Gasteiger partial charge in [0.25, 0.3) is 0 Å². The maximum absolute atomic E-state index is 2.31. The third kappa shape index (κ3) is 8.67. The lowest BCUT2D eigenvalue weighted by molar-refractivity contribution is 0.853. The van der Waals surface area contributed by atoms with E-state index in [1.807, 2.05) is 0 Å². The van der Waals surface area contributed by atoms with E-state index in [1.165, 1.54) is 55.8 Å². The molecule has 0 saturated carbocycles. The Morgan fingerprint density at radius 1 is 0.615 bits per heavy atom. The summed E-state index contributed by atoms with van der Waals surface area (Å²) < 4.78 is 0. The summed E-state index contributed by atoms with van der Waals surface area (Å²) in [6.45, 7) is 6.92. The van der Waals surface area contributed by atoms with Gasteiger partial charge in [-0.15, -0.1) is 0 Å². The van der Waals surface area contributed by atoms with E-state index in [0.29, 0.717) is 0 Å². The Bertz CT molecular complexity index is 72.1. The normalized spacial score (nSPS) is 11.1. The second-order valence-electron chi connectivity index (χ2n) is 3.79. The molecule has 0 spiro atoms. The van der Waals surface area contributed by atoms with Crippen LogP contribution in [0.2, 0.25) is 0 Å². The molecule has 0 aromatic carbocycles. The van der Waals surface area contributed by atoms with Gasteiger partial charge in [-0.25, -0.2) is 0 Å². The van der Waals surface area contributed by atoms with E-state index in [4.69, 9.17) is 0 Å². The van der Waals surface area contributed by atoms with E-state index in [-0.39, 0.29) is 0 Å². The minimum atomic E-state index is 0.776. The number of hydrogen-bond acceptors (Lipinski definition) is 0. The van der Waals surface area contributed by atoms with Crippen molar-refractivity contribution >= 4 is 10.9 Å². The Kier molecular flexibility index (Phi) is 10.7. The highest BCUT2D eigenvalue weighted by Crippen LogP contribution is 2.08. The average Bonchev–Trinajstić information content (AvgIpc) is 2.17. The van der Waals surface area contributed by atoms with Crippen LogP contribution in [-0.4, -0.2) is 17.3 Å². The molecule has 0 bridgehead atoms. The maximum Gasteiger partial charge on any atom is 0.108 e. The van der Waals surface area contributed by atoms with Gasteiger partial charge in [0.2, 0.25) is 0 Å². The molecule has 0 aromatic rings. The molecule has 80 valence electrons. The molecule has 1 heteroatoms. The predicted molar refractivity (Wildman–Crippen MR) is 66.7 cm³/mol. The fourth-order valence-corrected chi connectivity index (χ4v) is 4.05. The molecule has 0 heterocycles. The molecule has 0 N–H and O–H groups in total. The van der Waals surface area contributed by atoms with Crippen LogP contribution in [0.25, 0.3) is 0 Å². The summed E-state index contributed by atoms with van der Waals surface area (Å²) in [7, 11) is 0.776. The van der Waals surface area contributed by atoms with Gasteiger partial charge in [-0.05, 0) is 30.2 Å². The minimum absolute atomic E-state index is 0.776. The van der Waals surface area contributed by atoms with Gasteiger partial charge in [-0.1, -0.05) is 40.0 Å². The van der Waals surface area contributed by atoms with Crippen molar-refractivity contribution in [3.05, 3.63) is 0 Å². The number of hydrogen-bond donors (Lipinski definition) is 0. The first-order valence-electron chi connectivity index (χ1n) is 5.99. The summed E-state index contributed by atoms with van der Waals surface area (Å²) in [5.74, 6) is 4.53. The predicted octanol–water partition coefficient (Wildman–Crippen LogP) is 4.01. The van der Waals surface area contributed by atoms with Gasteiger partial charge >= 0.3 is 0 Å². The lowest BCUT2D eigenvalue weighted by atomic mass is 10.4. The third-order valence-electron chi connectivity index (χ3n) is 2.36. The zero-order chi connectivity index (χ0) is 9.94. The summed E-state index contributed by atoms with van der Waals surface area (Å²) in [4.78, 5) is 0. The van der Waals surface area contributed by atoms with Crippen molar-refractivity contribution < 1.29 is 0 Å². The molecule has 0 amide bonds. The lowest BCUT2D eigenvalue weighted by Crippen LogP contribution is -2.16. The molecule has 0 aliphatic heterocycles. The van der Waals surface area contributed by atoms with Gasteiger partial charge in [-0.3, -0.25) is 0 Å². The summed E-state index contributed by atoms with van der Waals surface area (Å²) in [5.41, 5.74) is 0. The van der Waals surface area contributed by atoms with Crippen molar-refractivity contribution in [2.75, 3.05) is 17.3 Å². The molecule has 0 nitrogen and oxygen atoms in total. The molecular formula is C12H27S+. The molecular weight excluding hydrogens is 176 g/mol. The number of unbranched alkanes of at least 4 members (excludes halogenated alkanes) is 3. The van der Waals surface area contributed by atoms with E-state index in [2.05, 4.69) is 20.8 Å². The summed E-state index contributed by atoms with van der Waals surface area (Å²) in [6, 6.07) is 0. The van der Waals surface area contributed by atoms with Crippen LogP contribution in [0.1, 0.15) is 59.3 Å². The van der Waals surface area contributed by atoms with Crippen LogP contribution in [0.4, 0.5) is 0 Å². The Hall–Kier alpha value is 0.350. The second-order valence-corrected chi connectivity index (χ2v) is 6.23. The van der Waals surface area contributed by atoms with Crippen molar-refractivity contribution in [3.8, 4) is 0 Å². The van der Waals surface area contributed by atoms with E-state index < -0.39 is 0 Å². The highest BCUT2D eigenvalue weighted by molar-refractivity contribution is 7.96. The fourth-order valence-electron chi connectivity index (χ4n) is 1.35. The summed E-state index contributed by atoms with van der Waals surface area (Å²) in [5, 5.41) is 0. The van der Waals surface area contributed by atoms with Crippen molar-refractivity contribution in [3.63, 3.8) is 0 Å². The average molecular weight is 203 g/mol. The van der Waals surface area contributed by atoms with E-state index in [1.54, 1.807) is 0 Å². The van der Waals surface area contributed by atoms with E-state index >= 15 is 0 Å². The molecule has 0 unspecified atom stereocenters. The molecule has 0 aromatic heterocycles. The molecule has 0 fully saturated rings. The smallest absolute Gasteiger partial charge is 0.0652 e. The largest absolute Gasteiger partial charge is 0.108 e. The first-order chi connectivity index (χ1) is 6.35. The highest BCUT2D eigenvalue weighted by Gasteiger charge is 2.14. The molecule has 0 aliphatic carbocycles. The summed E-state index contributed by atoms with van der Waals surface area (Å²) >= 11 is 0. The van der Waals surface area contributed by atoms with Crippen LogP contribution in [-0.2, 0) is 10.9 Å². The zero-order valence-corrected chi connectivity index (χ0v) is 10.6. The highest BCUT2D eigenvalue weighted by atomic mass is 32.2. The van der Waals surface area contributed by atoms with Gasteiger partial charge in [0.05, 0.1) is 0 Å². The van der Waals surface area contributed by atoms with Crippen LogP contribution < -0.4 is 0 Å². The monoisotopic (exact) mass is 203 g/mol. The molecule has 0 rings (SSSR count). The Balaban J connectivity index is 3.47. The minimum Gasteiger partial charge on any atom is -0.0652 e. The van der Waals surface area contributed by atoms with Crippen LogP contribution in [0.3, 0.4) is 0 Å². The Labute approximate surface area is 87.8 Å². The van der Waals surface area contributed by atoms with Crippen molar-refractivity contribution in [1.29, 1.82) is 0 Å². The Morgan fingerprint density at radius 2 is 0.923 bits per heavy atom. The maximum atomic E-state index is 2.31. The molecule has 0 atom stereocenters. The first-order valence-corrected chi connectivity index (χ1v) is 7.72. The van der Waals surface area contributed by atoms with Gasteiger partial charge in [0, 0.05) is 0 Å². The molecule has 0 radical (unpaired) electrons. The van der Waals surface area contributed by atoms with E-state index in [9.17, 15) is 0 Å². The van der Waals surface area contributed by atoms with Crippen LogP contribution >= 0.6 is 0 Å². The molecule has 0 saturated heterocycles. The SMILES string of the molecule is CCCC[S+](CCCC)CCCC. The molecule has 13 heavy (non-hydrogen) atoms. The van der Waals surface area contributed by atoms with Crippen molar-refractivity contribution in [1.82, 2.24) is 0 Å². The van der Waals surface area contributed by atoms with E-state index in [0.717, 1.165) is 10.9 Å². The van der Waals surface area contributed by atoms with Crippen LogP contribution in [0.15, 0.2) is 0 Å². The third-order valence-corrected chi connectivity index (χ3v) is 4.96. The van der Waals surface area contributed by atoms with Gasteiger partial charge in [0.1, 0.15) is 17.3 Å². The Morgan fingerprint density at radius 3 is 1.15 bits per heavy atom. The van der Waals surface area contributed by atoms with Gasteiger partial charge in [-0.2, -0.15) is 0 Å². The quantitative estimate of drug-likeness (QED) is 0.497. The van der Waals surface area contributed by atoms with Crippen LogP contribution in [0, 0.1) is 0 Å². The van der Waals surface area contributed by atoms with Gasteiger partial charge < -0.3 is 0 Å². The molecule has 0 aliphatic rings. The standard InChI is InChI=1S/C12H27S/c1-4-7-10-13(11-8-5-2)12-9-6-3/h4-12H2,1-3H3/q+1. The number of rotatable bonds is 9. The summed E-state index contributed by atoms with van der Waals surface area (Å²) in [6.07, 6.45) is 8.49. The zero-order valence-electron chi connectivity index (χ0n) is 9.77. The lowest BCUT2D eigenvalue weighted by Gasteiger charge is -2.07. The second kappa shape index (κ2) is 10.4. The topological polar surface area (TPSA) is 0 Å². The van der Waals surface area contributed by atoms with Crippen molar-refractivity contribution in [2.45, 2.75) is 59.3 Å². The fraction of sp³-hybridized carbons (Fsp3) is 1.00. The van der Waals surface area contributed by atoms with Crippen LogP contribution in [0.5, 0.6) is 0 Å². The first kappa shape index (κ1) is 13.4. The van der Waals surface area contributed by atoms with Gasteiger partial charge in [0.15, 0.2) is 0 Å². The van der Waals surface area contributed by atoms with Crippen molar-refractivity contribution in [2.24, 2.45) is 0 Å².